The Hall–Kier alpha value is -3.19. The molecule has 4 aromatic rings. The van der Waals surface area contributed by atoms with Gasteiger partial charge in [0.05, 0.1) is 5.69 Å². The molecule has 0 radical (unpaired) electrons. The van der Waals surface area contributed by atoms with Gasteiger partial charge >= 0.3 is 0 Å². The van der Waals surface area contributed by atoms with E-state index in [4.69, 9.17) is 39.8 Å². The maximum atomic E-state index is 13.1. The fraction of sp³-hybridized carbons (Fsp3) is 0.120. The minimum absolute atomic E-state index is 0.134. The number of rotatable bonds is 4. The van der Waals surface area contributed by atoms with Gasteiger partial charge in [-0.15, -0.1) is 0 Å². The number of nitrogens with zero attached hydrogens (tertiary/aromatic N) is 2. The molecular weight excluding hydrogens is 497 g/mol. The largest absolute Gasteiger partial charge is 0.294 e. The number of halogens is 3. The lowest BCUT2D eigenvalue weighted by Crippen LogP contribution is -2.35. The smallest absolute Gasteiger partial charge is 0.274 e. The minimum atomic E-state index is -0.542. The van der Waals surface area contributed by atoms with Crippen LogP contribution in [0, 0.1) is 6.92 Å². The topological polar surface area (TPSA) is 81.1 Å². The molecule has 0 saturated heterocycles. The molecule has 2 aromatic carbocycles. The number of carbonyl (C=O) groups is 2. The molecule has 0 aliphatic carbocycles. The third-order valence-corrected chi connectivity index (χ3v) is 6.14. The van der Waals surface area contributed by atoms with Crippen molar-refractivity contribution in [3.8, 4) is 22.4 Å². The molecule has 0 spiro atoms. The van der Waals surface area contributed by atoms with Gasteiger partial charge in [-0.1, -0.05) is 53.0 Å². The van der Waals surface area contributed by atoms with Crippen molar-refractivity contribution < 1.29 is 9.59 Å². The van der Waals surface area contributed by atoms with Crippen LogP contribution in [0.25, 0.3) is 33.4 Å². The summed E-state index contributed by atoms with van der Waals surface area (Å²) in [5, 5.41) is 1.80. The van der Waals surface area contributed by atoms with Gasteiger partial charge in [-0.25, -0.2) is 4.98 Å². The molecule has 2 heterocycles. The highest BCUT2D eigenvalue weighted by Gasteiger charge is 2.23. The average Bonchev–Trinajstić information content (AvgIpc) is 2.76. The van der Waals surface area contributed by atoms with Crippen LogP contribution in [-0.4, -0.2) is 21.4 Å². The number of hydrogen-bond acceptors (Lipinski definition) is 4. The number of nitrogens with one attached hydrogen (secondary N) is 1. The molecule has 0 aliphatic heterocycles. The van der Waals surface area contributed by atoms with Gasteiger partial charge in [0.2, 0.25) is 5.91 Å². The lowest BCUT2D eigenvalue weighted by molar-refractivity contribution is -0.115. The van der Waals surface area contributed by atoms with Crippen molar-refractivity contribution in [3.05, 3.63) is 85.1 Å². The first-order chi connectivity index (χ1) is 16.1. The molecule has 6 nitrogen and oxygen atoms in total. The summed E-state index contributed by atoms with van der Waals surface area (Å²) in [5.41, 5.74) is 4.95. The van der Waals surface area contributed by atoms with Gasteiger partial charge in [0.25, 0.3) is 5.56 Å². The van der Waals surface area contributed by atoms with E-state index in [0.29, 0.717) is 42.8 Å². The Labute approximate surface area is 210 Å². The van der Waals surface area contributed by atoms with Crippen LogP contribution in [0.3, 0.4) is 0 Å². The molecule has 0 fully saturated rings. The highest BCUT2D eigenvalue weighted by molar-refractivity contribution is 6.36. The van der Waals surface area contributed by atoms with E-state index in [0.717, 1.165) is 4.68 Å². The summed E-state index contributed by atoms with van der Waals surface area (Å²) in [4.78, 5) is 42.3. The Morgan fingerprint density at radius 1 is 0.912 bits per heavy atom. The average molecular weight is 515 g/mol. The standard InChI is InChI=1S/C25H18Cl3N3O3/c1-12-22(13(2)32)20-11-19(18-9-8-17(27)10-21(18)28)23(15-4-6-16(26)7-5-15)29-24(20)31(25(12)34)30-14(3)33/h4-11H,1-3H3,(H,30,33). The second-order valence-electron chi connectivity index (χ2n) is 7.75. The van der Waals surface area contributed by atoms with Gasteiger partial charge in [0, 0.05) is 55.2 Å². The predicted molar refractivity (Wildman–Crippen MR) is 137 cm³/mol. The van der Waals surface area contributed by atoms with Crippen LogP contribution in [-0.2, 0) is 4.79 Å². The number of hydrogen-bond donors (Lipinski definition) is 1. The Morgan fingerprint density at radius 2 is 1.56 bits per heavy atom. The van der Waals surface area contributed by atoms with Gasteiger partial charge < -0.3 is 0 Å². The molecule has 1 N–H and O–H groups in total. The van der Waals surface area contributed by atoms with Crippen molar-refractivity contribution in [2.45, 2.75) is 20.8 Å². The van der Waals surface area contributed by atoms with Crippen molar-refractivity contribution >= 4 is 57.5 Å². The van der Waals surface area contributed by atoms with Crippen molar-refractivity contribution in [2.75, 3.05) is 5.43 Å². The van der Waals surface area contributed by atoms with Gasteiger partial charge in [0.15, 0.2) is 11.4 Å². The molecule has 0 atom stereocenters. The predicted octanol–water partition coefficient (Wildman–Crippen LogP) is 6.29. The van der Waals surface area contributed by atoms with E-state index in [1.165, 1.54) is 13.8 Å². The molecule has 34 heavy (non-hydrogen) atoms. The first-order valence-corrected chi connectivity index (χ1v) is 11.3. The molecule has 172 valence electrons. The summed E-state index contributed by atoms with van der Waals surface area (Å²) >= 11 is 18.7. The molecule has 0 aliphatic rings. The Kier molecular flexibility index (Phi) is 6.49. The maximum absolute atomic E-state index is 13.1. The molecule has 1 amide bonds. The highest BCUT2D eigenvalue weighted by Crippen LogP contribution is 2.39. The Bertz CT molecular complexity index is 1540. The van der Waals surface area contributed by atoms with Crippen LogP contribution >= 0.6 is 34.8 Å². The van der Waals surface area contributed by atoms with E-state index in [1.54, 1.807) is 55.5 Å². The zero-order valence-electron chi connectivity index (χ0n) is 18.4. The Balaban J connectivity index is 2.22. The number of Topliss-reactive ketones (excluding diaryl/α,β-unsaturated/α-hetero) is 1. The summed E-state index contributed by atoms with van der Waals surface area (Å²) < 4.78 is 1.06. The first-order valence-electron chi connectivity index (χ1n) is 10.2. The van der Waals surface area contributed by atoms with Gasteiger partial charge in [-0.2, -0.15) is 4.68 Å². The first kappa shape index (κ1) is 24.0. The third kappa shape index (κ3) is 4.32. The minimum Gasteiger partial charge on any atom is -0.294 e. The van der Waals surface area contributed by atoms with Crippen LogP contribution < -0.4 is 11.0 Å². The zero-order chi connectivity index (χ0) is 24.7. The highest BCUT2D eigenvalue weighted by atomic mass is 35.5. The van der Waals surface area contributed by atoms with E-state index in [9.17, 15) is 14.4 Å². The van der Waals surface area contributed by atoms with Crippen molar-refractivity contribution in [2.24, 2.45) is 0 Å². The summed E-state index contributed by atoms with van der Waals surface area (Å²) in [5.74, 6) is -0.762. The number of fused-ring (bicyclic) bond motifs is 1. The second kappa shape index (κ2) is 9.22. The lowest BCUT2D eigenvalue weighted by atomic mass is 9.95. The van der Waals surface area contributed by atoms with Crippen LogP contribution in [0.1, 0.15) is 29.8 Å². The number of carbonyl (C=O) groups excluding carboxylic acids is 2. The van der Waals surface area contributed by atoms with E-state index in [1.807, 2.05) is 0 Å². The quantitative estimate of drug-likeness (QED) is 0.324. The fourth-order valence-corrected chi connectivity index (χ4v) is 4.52. The van der Waals surface area contributed by atoms with Gasteiger partial charge in [-0.05, 0) is 44.2 Å². The van der Waals surface area contributed by atoms with Crippen LogP contribution in [0.15, 0.2) is 53.3 Å². The summed E-state index contributed by atoms with van der Waals surface area (Å²) in [6.07, 6.45) is 0. The number of benzene rings is 2. The van der Waals surface area contributed by atoms with E-state index >= 15 is 0 Å². The van der Waals surface area contributed by atoms with Crippen molar-refractivity contribution in [1.29, 1.82) is 0 Å². The summed E-state index contributed by atoms with van der Waals surface area (Å²) in [7, 11) is 0. The molecule has 0 bridgehead atoms. The van der Waals surface area contributed by atoms with Gasteiger partial charge in [0.1, 0.15) is 0 Å². The lowest BCUT2D eigenvalue weighted by Gasteiger charge is -2.18. The summed E-state index contributed by atoms with van der Waals surface area (Å²) in [6, 6.07) is 13.8. The van der Waals surface area contributed by atoms with Crippen molar-refractivity contribution in [1.82, 2.24) is 9.66 Å². The monoisotopic (exact) mass is 513 g/mol. The summed E-state index contributed by atoms with van der Waals surface area (Å²) in [6.45, 7) is 4.21. The molecule has 4 rings (SSSR count). The number of pyridine rings is 2. The van der Waals surface area contributed by atoms with E-state index < -0.39 is 11.5 Å². The molecule has 2 aromatic heterocycles. The number of amides is 1. The van der Waals surface area contributed by atoms with E-state index in [-0.39, 0.29) is 22.6 Å². The molecule has 9 heteroatoms. The second-order valence-corrected chi connectivity index (χ2v) is 9.03. The Morgan fingerprint density at radius 3 is 2.15 bits per heavy atom. The van der Waals surface area contributed by atoms with Crippen LogP contribution in [0.5, 0.6) is 0 Å². The van der Waals surface area contributed by atoms with Crippen molar-refractivity contribution in [3.63, 3.8) is 0 Å². The SMILES string of the molecule is CC(=O)Nn1c(=O)c(C)c(C(C)=O)c2cc(-c3ccc(Cl)cc3Cl)c(-c3ccc(Cl)cc3)nc21. The molecule has 0 saturated carbocycles. The van der Waals surface area contributed by atoms with E-state index in [2.05, 4.69) is 5.43 Å². The maximum Gasteiger partial charge on any atom is 0.274 e. The normalized spacial score (nSPS) is 11.0. The zero-order valence-corrected chi connectivity index (χ0v) is 20.6. The molecule has 0 unspecified atom stereocenters. The molecular formula is C25H18Cl3N3O3. The number of ketones is 1. The fourth-order valence-electron chi connectivity index (χ4n) is 3.89. The van der Waals surface area contributed by atoms with Gasteiger partial charge in [-0.3, -0.25) is 19.8 Å². The van der Waals surface area contributed by atoms with Crippen LogP contribution in [0.4, 0.5) is 0 Å². The number of aromatic nitrogens is 2. The third-order valence-electron chi connectivity index (χ3n) is 5.34. The van der Waals surface area contributed by atoms with Crippen LogP contribution in [0.2, 0.25) is 15.1 Å².